The van der Waals surface area contributed by atoms with Gasteiger partial charge in [0.05, 0.1) is 6.54 Å². The molecule has 1 atom stereocenters. The van der Waals surface area contributed by atoms with Gasteiger partial charge >= 0.3 is 0 Å². The minimum absolute atomic E-state index is 0.0826. The van der Waals surface area contributed by atoms with Gasteiger partial charge in [-0.3, -0.25) is 9.59 Å². The van der Waals surface area contributed by atoms with Crippen LogP contribution >= 0.6 is 0 Å². The number of nitrogens with zero attached hydrogens (tertiary/aromatic N) is 2. The van der Waals surface area contributed by atoms with E-state index in [0.717, 1.165) is 64.3 Å². The Labute approximate surface area is 299 Å². The van der Waals surface area contributed by atoms with Gasteiger partial charge < -0.3 is 14.9 Å². The van der Waals surface area contributed by atoms with E-state index in [2.05, 4.69) is 43.1 Å². The number of hydrogen-bond donors (Lipinski definition) is 1. The van der Waals surface area contributed by atoms with Gasteiger partial charge in [0.2, 0.25) is 5.91 Å². The Morgan fingerprint density at radius 1 is 0.500 bits per heavy atom. The molecule has 5 heteroatoms. The molecule has 1 unspecified atom stereocenters. The van der Waals surface area contributed by atoms with Gasteiger partial charge in [-0.05, 0) is 91.3 Å². The first kappa shape index (κ1) is 46.5. The van der Waals surface area contributed by atoms with Crippen molar-refractivity contribution in [2.24, 2.45) is 0 Å². The van der Waals surface area contributed by atoms with Crippen molar-refractivity contribution in [3.63, 3.8) is 0 Å². The summed E-state index contributed by atoms with van der Waals surface area (Å²) in [5.74, 6) is -0.0293. The molecule has 0 radical (unpaired) electrons. The third-order valence-corrected chi connectivity index (χ3v) is 9.49. The molecule has 0 rings (SSSR count). The highest BCUT2D eigenvalue weighted by molar-refractivity contribution is 5.84. The lowest BCUT2D eigenvalue weighted by Gasteiger charge is -2.26. The number of hydrogen-bond acceptors (Lipinski definition) is 4. The summed E-state index contributed by atoms with van der Waals surface area (Å²) in [7, 11) is 4.06. The molecular formula is C43H82N2O3. The number of ketones is 1. The van der Waals surface area contributed by atoms with E-state index in [1.54, 1.807) is 4.90 Å². The summed E-state index contributed by atoms with van der Waals surface area (Å²) in [6.07, 6.45) is 42.1. The molecule has 1 N–H and O–H groups in total. The van der Waals surface area contributed by atoms with Crippen LogP contribution in [-0.4, -0.2) is 66.4 Å². The molecule has 5 nitrogen and oxygen atoms in total. The van der Waals surface area contributed by atoms with Gasteiger partial charge in [-0.15, -0.1) is 0 Å². The van der Waals surface area contributed by atoms with Crippen LogP contribution in [0.3, 0.4) is 0 Å². The van der Waals surface area contributed by atoms with Crippen molar-refractivity contribution < 1.29 is 14.7 Å². The Morgan fingerprint density at radius 3 is 1.29 bits per heavy atom. The van der Waals surface area contributed by atoms with Crippen molar-refractivity contribution in [3.05, 3.63) is 24.3 Å². The van der Waals surface area contributed by atoms with Gasteiger partial charge in [-0.25, -0.2) is 0 Å². The largest absolute Gasteiger partial charge is 0.383 e. The van der Waals surface area contributed by atoms with Gasteiger partial charge in [-0.1, -0.05) is 141 Å². The van der Waals surface area contributed by atoms with Crippen LogP contribution in [0.25, 0.3) is 0 Å². The van der Waals surface area contributed by atoms with Gasteiger partial charge in [-0.2, -0.15) is 0 Å². The molecule has 282 valence electrons. The summed E-state index contributed by atoms with van der Waals surface area (Å²) >= 11 is 0. The molecule has 0 aromatic rings. The number of carbonyl (C=O) groups is 2. The average Bonchev–Trinajstić information content (AvgIpc) is 3.07. The highest BCUT2D eigenvalue weighted by Crippen LogP contribution is 2.14. The van der Waals surface area contributed by atoms with Crippen molar-refractivity contribution in [2.45, 2.75) is 206 Å². The van der Waals surface area contributed by atoms with Gasteiger partial charge in [0.25, 0.3) is 0 Å². The average molecular weight is 675 g/mol. The number of amides is 1. The zero-order valence-corrected chi connectivity index (χ0v) is 32.7. The van der Waals surface area contributed by atoms with E-state index in [1.165, 1.54) is 116 Å². The fraction of sp³-hybridized carbons (Fsp3) is 0.860. The molecule has 48 heavy (non-hydrogen) atoms. The number of Topliss-reactive ketones (excluding diaryl/α,β-unsaturated/α-hetero) is 1. The normalized spacial score (nSPS) is 12.5. The fourth-order valence-corrected chi connectivity index (χ4v) is 6.25. The Bertz CT molecular complexity index is 763. The van der Waals surface area contributed by atoms with E-state index in [-0.39, 0.29) is 18.2 Å². The zero-order valence-electron chi connectivity index (χ0n) is 32.7. The topological polar surface area (TPSA) is 60.9 Å². The number of aliphatic hydroxyl groups is 1. The first-order valence-corrected chi connectivity index (χ1v) is 20.9. The van der Waals surface area contributed by atoms with Crippen LogP contribution in [0.1, 0.15) is 200 Å². The third kappa shape index (κ3) is 33.1. The molecule has 0 aliphatic heterocycles. The minimum atomic E-state index is -1.07. The van der Waals surface area contributed by atoms with Gasteiger partial charge in [0, 0.05) is 19.4 Å². The van der Waals surface area contributed by atoms with E-state index in [9.17, 15) is 14.7 Å². The summed E-state index contributed by atoms with van der Waals surface area (Å²) < 4.78 is 0. The highest BCUT2D eigenvalue weighted by Gasteiger charge is 2.22. The zero-order chi connectivity index (χ0) is 35.3. The summed E-state index contributed by atoms with van der Waals surface area (Å²) in [5, 5.41) is 10.7. The number of aliphatic hydroxyl groups excluding tert-OH is 1. The minimum Gasteiger partial charge on any atom is -0.383 e. The first-order valence-electron chi connectivity index (χ1n) is 20.9. The van der Waals surface area contributed by atoms with Crippen molar-refractivity contribution in [1.29, 1.82) is 0 Å². The lowest BCUT2D eigenvalue weighted by atomic mass is 10.0. The molecule has 0 saturated carbocycles. The number of rotatable bonds is 37. The molecule has 0 bridgehead atoms. The maximum Gasteiger partial charge on any atom is 0.222 e. The van der Waals surface area contributed by atoms with Gasteiger partial charge in [0.15, 0.2) is 5.78 Å². The predicted octanol–water partition coefficient (Wildman–Crippen LogP) is 11.8. The first-order chi connectivity index (χ1) is 23.4. The van der Waals surface area contributed by atoms with Crippen LogP contribution in [0.15, 0.2) is 24.3 Å². The van der Waals surface area contributed by atoms with E-state index in [4.69, 9.17) is 0 Å². The van der Waals surface area contributed by atoms with Crippen LogP contribution < -0.4 is 0 Å². The van der Waals surface area contributed by atoms with E-state index in [1.807, 2.05) is 14.1 Å². The van der Waals surface area contributed by atoms with Crippen LogP contribution in [-0.2, 0) is 9.59 Å². The standard InChI is InChI=1S/C43H82N2O3/c1-5-7-9-11-13-15-17-19-21-23-25-27-29-31-33-36-41(46)42(47)40-45(39-35-38-44(3)4)43(48)37-34-32-30-28-26-24-22-20-18-16-14-12-10-8-6-2/h19-22,42,47H,5-18,23-40H2,1-4H3. The fourth-order valence-electron chi connectivity index (χ4n) is 6.25. The molecule has 0 fully saturated rings. The van der Waals surface area contributed by atoms with Crippen molar-refractivity contribution in [1.82, 2.24) is 9.80 Å². The SMILES string of the molecule is CCCCCCCCC=CCCCCCCCC(=O)C(O)CN(CCCN(C)C)C(=O)CCCCCCCC=CCCCCCCCC. The number of allylic oxidation sites excluding steroid dienone is 4. The molecular weight excluding hydrogens is 592 g/mol. The molecule has 1 amide bonds. The van der Waals surface area contributed by atoms with Crippen molar-refractivity contribution in [3.8, 4) is 0 Å². The Kier molecular flexibility index (Phi) is 35.7. The number of carbonyl (C=O) groups excluding carboxylic acids is 2. The van der Waals surface area contributed by atoms with Crippen LogP contribution in [0.5, 0.6) is 0 Å². The molecule has 0 aromatic carbocycles. The molecule has 0 aliphatic carbocycles. The maximum absolute atomic E-state index is 13.1. The van der Waals surface area contributed by atoms with Crippen molar-refractivity contribution in [2.75, 3.05) is 33.7 Å². The van der Waals surface area contributed by atoms with Crippen LogP contribution in [0.4, 0.5) is 0 Å². The molecule has 0 spiro atoms. The molecule has 0 aliphatic rings. The van der Waals surface area contributed by atoms with E-state index >= 15 is 0 Å². The second-order valence-electron chi connectivity index (χ2n) is 14.6. The smallest absolute Gasteiger partial charge is 0.222 e. The monoisotopic (exact) mass is 675 g/mol. The molecule has 0 saturated heterocycles. The Morgan fingerprint density at radius 2 is 0.875 bits per heavy atom. The second-order valence-corrected chi connectivity index (χ2v) is 14.6. The quantitative estimate of drug-likeness (QED) is 0.0526. The highest BCUT2D eigenvalue weighted by atomic mass is 16.3. The summed E-state index contributed by atoms with van der Waals surface area (Å²) in [5.41, 5.74) is 0. The van der Waals surface area contributed by atoms with Crippen LogP contribution in [0.2, 0.25) is 0 Å². The lowest BCUT2D eigenvalue weighted by Crippen LogP contribution is -2.41. The number of unbranched alkanes of at least 4 members (excludes halogenated alkanes) is 22. The van der Waals surface area contributed by atoms with Gasteiger partial charge in [0.1, 0.15) is 6.10 Å². The summed E-state index contributed by atoms with van der Waals surface area (Å²) in [6.45, 7) is 6.15. The van der Waals surface area contributed by atoms with Crippen molar-refractivity contribution >= 4 is 11.7 Å². The summed E-state index contributed by atoms with van der Waals surface area (Å²) in [4.78, 5) is 29.7. The third-order valence-electron chi connectivity index (χ3n) is 9.49. The Balaban J connectivity index is 4.09. The predicted molar refractivity (Wildman–Crippen MR) is 210 cm³/mol. The summed E-state index contributed by atoms with van der Waals surface area (Å²) in [6, 6.07) is 0. The Hall–Kier alpha value is -1.46. The van der Waals surface area contributed by atoms with E-state index < -0.39 is 6.10 Å². The van der Waals surface area contributed by atoms with E-state index in [0.29, 0.717) is 19.4 Å². The molecule has 0 aromatic heterocycles. The van der Waals surface area contributed by atoms with Crippen LogP contribution in [0, 0.1) is 0 Å². The lowest BCUT2D eigenvalue weighted by molar-refractivity contribution is -0.136. The maximum atomic E-state index is 13.1. The second kappa shape index (κ2) is 36.8. The molecule has 0 heterocycles.